The molecule has 0 aliphatic heterocycles. The van der Waals surface area contributed by atoms with Crippen molar-refractivity contribution in [2.45, 2.75) is 83.5 Å². The molecule has 1 heteroatoms. The largest absolute Gasteiger partial charge is 0.314 e. The van der Waals surface area contributed by atoms with Crippen LogP contribution in [0.5, 0.6) is 0 Å². The summed E-state index contributed by atoms with van der Waals surface area (Å²) >= 11 is 0. The molecule has 0 saturated heterocycles. The summed E-state index contributed by atoms with van der Waals surface area (Å²) in [7, 11) is 0. The molecule has 6 aromatic rings. The van der Waals surface area contributed by atoms with Crippen molar-refractivity contribution in [3.05, 3.63) is 202 Å². The highest BCUT2D eigenvalue weighted by molar-refractivity contribution is 5.88. The standard InChI is InChI=1S/C61H57N/c1-57(2)29-30-58(3,4)54-36-44(26-28-52(54)57)62(43-25-27-48-47-21-10-13-24-51(47)61(53(48)35-43)55-32-38-31-41-34-56(61)59(41,55)37-38)42-18-14-17-40(33-42)60(39-15-6-5-7-16-39)49-22-11-8-19-45(49)46-20-9-12-23-50(46)60/h5-28,33,35,38,41,54-56H,29-32,34,36-37H2,1-4H3. The minimum absolute atomic E-state index is 0.152. The van der Waals surface area contributed by atoms with Gasteiger partial charge in [0.25, 0.3) is 0 Å². The van der Waals surface area contributed by atoms with Crippen LogP contribution in [0.2, 0.25) is 0 Å². The van der Waals surface area contributed by atoms with E-state index in [0.29, 0.717) is 11.3 Å². The molecule has 0 radical (unpaired) electrons. The molecule has 306 valence electrons. The molecule has 8 aliphatic rings. The maximum absolute atomic E-state index is 2.72. The molecule has 7 unspecified atom stereocenters. The average Bonchev–Trinajstić information content (AvgIpc) is 4.01. The lowest BCUT2D eigenvalue weighted by Crippen LogP contribution is -2.73. The number of anilines is 2. The van der Waals surface area contributed by atoms with Crippen molar-refractivity contribution in [1.29, 1.82) is 0 Å². The maximum atomic E-state index is 2.72. The van der Waals surface area contributed by atoms with Gasteiger partial charge in [0.05, 0.1) is 5.41 Å². The van der Waals surface area contributed by atoms with Crippen molar-refractivity contribution in [2.24, 2.45) is 45.8 Å². The highest BCUT2D eigenvalue weighted by Gasteiger charge is 2.84. The molecule has 0 aromatic heterocycles. The summed E-state index contributed by atoms with van der Waals surface area (Å²) < 4.78 is 0. The van der Waals surface area contributed by atoms with Crippen molar-refractivity contribution in [3.63, 3.8) is 0 Å². The minimum Gasteiger partial charge on any atom is -0.314 e. The quantitative estimate of drug-likeness (QED) is 0.168. The Kier molecular flexibility index (Phi) is 6.98. The Morgan fingerprint density at radius 2 is 1.15 bits per heavy atom. The van der Waals surface area contributed by atoms with Crippen LogP contribution in [0.1, 0.15) is 106 Å². The van der Waals surface area contributed by atoms with Crippen molar-refractivity contribution in [1.82, 2.24) is 0 Å². The molecule has 1 nitrogen and oxygen atoms in total. The van der Waals surface area contributed by atoms with Gasteiger partial charge in [-0.25, -0.2) is 0 Å². The molecule has 7 atom stereocenters. The number of fused-ring (bicyclic) bond motifs is 12. The summed E-state index contributed by atoms with van der Waals surface area (Å²) in [6.07, 6.45) is 14.5. The van der Waals surface area contributed by atoms with Crippen LogP contribution in [0.4, 0.5) is 11.4 Å². The molecular weight excluding hydrogens is 747 g/mol. The highest BCUT2D eigenvalue weighted by Crippen LogP contribution is 2.89. The molecule has 2 spiro atoms. The van der Waals surface area contributed by atoms with Crippen LogP contribution in [0.25, 0.3) is 22.3 Å². The fourth-order valence-electron chi connectivity index (χ4n) is 16.7. The summed E-state index contributed by atoms with van der Waals surface area (Å²) in [5, 5.41) is 0. The summed E-state index contributed by atoms with van der Waals surface area (Å²) in [6, 6.07) is 56.8. The molecule has 14 rings (SSSR count). The SMILES string of the molecule is CC1(C)CCC(C)(C)C2CC(N(c3cccc(C4(c5ccccc5)c5ccccc5-c5ccccc54)c3)c3ccc4c(c3)C3(c5ccccc5-4)C4CC5CC6CC3C64C5)=CC=C21. The minimum atomic E-state index is -0.452. The lowest BCUT2D eigenvalue weighted by molar-refractivity contribution is -0.231. The predicted molar refractivity (Wildman–Crippen MR) is 254 cm³/mol. The van der Waals surface area contributed by atoms with E-state index < -0.39 is 5.41 Å². The molecule has 2 bridgehead atoms. The predicted octanol–water partition coefficient (Wildman–Crippen LogP) is 15.2. The van der Waals surface area contributed by atoms with Crippen LogP contribution in [0.3, 0.4) is 0 Å². The second-order valence-electron chi connectivity index (χ2n) is 22.3. The lowest BCUT2D eigenvalue weighted by atomic mass is 9.27. The summed E-state index contributed by atoms with van der Waals surface area (Å²) in [6.45, 7) is 10.1. The molecule has 5 saturated carbocycles. The normalized spacial score (nSPS) is 31.0. The van der Waals surface area contributed by atoms with Crippen LogP contribution < -0.4 is 4.90 Å². The highest BCUT2D eigenvalue weighted by atomic mass is 15.2. The average molecular weight is 804 g/mol. The van der Waals surface area contributed by atoms with E-state index in [1.165, 1.54) is 100 Å². The third kappa shape index (κ3) is 4.19. The fraction of sp³-hybridized carbons (Fsp3) is 0.344. The number of allylic oxidation sites excluding steroid dienone is 4. The van der Waals surface area contributed by atoms with Gasteiger partial charge in [-0.05, 0) is 177 Å². The summed E-state index contributed by atoms with van der Waals surface area (Å²) in [5.41, 5.74) is 20.7. The molecule has 62 heavy (non-hydrogen) atoms. The molecule has 8 aliphatic carbocycles. The number of nitrogens with zero attached hydrogens (tertiary/aromatic N) is 1. The number of hydrogen-bond acceptors (Lipinski definition) is 1. The zero-order chi connectivity index (χ0) is 41.4. The Morgan fingerprint density at radius 1 is 0.516 bits per heavy atom. The number of rotatable bonds is 5. The van der Waals surface area contributed by atoms with E-state index in [1.54, 1.807) is 16.7 Å². The third-order valence-corrected chi connectivity index (χ3v) is 19.2. The second-order valence-corrected chi connectivity index (χ2v) is 22.3. The van der Waals surface area contributed by atoms with Crippen LogP contribution >= 0.6 is 0 Å². The van der Waals surface area contributed by atoms with Crippen molar-refractivity contribution in [3.8, 4) is 22.3 Å². The monoisotopic (exact) mass is 803 g/mol. The van der Waals surface area contributed by atoms with Crippen molar-refractivity contribution in [2.75, 3.05) is 4.90 Å². The van der Waals surface area contributed by atoms with E-state index in [9.17, 15) is 0 Å². The van der Waals surface area contributed by atoms with Crippen LogP contribution in [0.15, 0.2) is 169 Å². The van der Waals surface area contributed by atoms with Crippen molar-refractivity contribution < 1.29 is 0 Å². The molecule has 0 amide bonds. The van der Waals surface area contributed by atoms with Gasteiger partial charge in [-0.15, -0.1) is 0 Å². The van der Waals surface area contributed by atoms with Gasteiger partial charge in [0.2, 0.25) is 0 Å². The molecule has 0 heterocycles. The number of benzene rings is 6. The third-order valence-electron chi connectivity index (χ3n) is 19.2. The Bertz CT molecular complexity index is 2910. The second kappa shape index (κ2) is 12.0. The van der Waals surface area contributed by atoms with Crippen LogP contribution in [-0.2, 0) is 10.8 Å². The van der Waals surface area contributed by atoms with Gasteiger partial charge in [-0.1, -0.05) is 161 Å². The van der Waals surface area contributed by atoms with Crippen LogP contribution in [0, 0.1) is 45.8 Å². The Labute approximate surface area is 368 Å². The summed E-state index contributed by atoms with van der Waals surface area (Å²) in [5.74, 6) is 3.97. The van der Waals surface area contributed by atoms with E-state index in [4.69, 9.17) is 0 Å². The van der Waals surface area contributed by atoms with Gasteiger partial charge in [0, 0.05) is 22.5 Å². The van der Waals surface area contributed by atoms with Gasteiger partial charge in [-0.3, -0.25) is 0 Å². The molecule has 0 N–H and O–H groups in total. The summed E-state index contributed by atoms with van der Waals surface area (Å²) in [4.78, 5) is 2.72. The van der Waals surface area contributed by atoms with Crippen molar-refractivity contribution >= 4 is 11.4 Å². The Hall–Kier alpha value is -5.40. The Balaban J connectivity index is 0.996. The van der Waals surface area contributed by atoms with E-state index in [0.717, 1.165) is 30.1 Å². The zero-order valence-electron chi connectivity index (χ0n) is 36.8. The van der Waals surface area contributed by atoms with Gasteiger partial charge >= 0.3 is 0 Å². The van der Waals surface area contributed by atoms with Gasteiger partial charge in [0.1, 0.15) is 0 Å². The first-order valence-corrected chi connectivity index (χ1v) is 24.0. The Morgan fingerprint density at radius 3 is 1.89 bits per heavy atom. The number of hydrogen-bond donors (Lipinski definition) is 0. The molecular formula is C61H57N. The first-order chi connectivity index (χ1) is 30.2. The lowest BCUT2D eigenvalue weighted by Gasteiger charge is -2.76. The fourth-order valence-corrected chi connectivity index (χ4v) is 16.7. The first kappa shape index (κ1) is 36.1. The molecule has 6 aromatic carbocycles. The van der Waals surface area contributed by atoms with Gasteiger partial charge < -0.3 is 4.90 Å². The van der Waals surface area contributed by atoms with Crippen LogP contribution in [-0.4, -0.2) is 0 Å². The topological polar surface area (TPSA) is 3.24 Å². The van der Waals surface area contributed by atoms with Gasteiger partial charge in [-0.2, -0.15) is 0 Å². The molecule has 5 fully saturated rings. The maximum Gasteiger partial charge on any atom is 0.0714 e. The zero-order valence-corrected chi connectivity index (χ0v) is 36.8. The van der Waals surface area contributed by atoms with Gasteiger partial charge in [0.15, 0.2) is 0 Å². The smallest absolute Gasteiger partial charge is 0.0714 e. The van der Waals surface area contributed by atoms with E-state index in [-0.39, 0.29) is 16.2 Å². The van der Waals surface area contributed by atoms with E-state index >= 15 is 0 Å². The first-order valence-electron chi connectivity index (χ1n) is 24.0. The van der Waals surface area contributed by atoms with E-state index in [1.807, 2.05) is 0 Å². The van der Waals surface area contributed by atoms with E-state index in [2.05, 4.69) is 190 Å².